The Morgan fingerprint density at radius 2 is 1.67 bits per heavy atom. The molecule has 0 radical (unpaired) electrons. The van der Waals surface area contributed by atoms with Crippen molar-refractivity contribution in [1.82, 2.24) is 5.01 Å². The average molecular weight is 545 g/mol. The van der Waals surface area contributed by atoms with E-state index in [9.17, 15) is 22.4 Å². The van der Waals surface area contributed by atoms with E-state index in [1.165, 1.54) is 35.3 Å². The molecule has 202 valence electrons. The lowest BCUT2D eigenvalue weighted by atomic mass is 9.90. The first-order valence-electron chi connectivity index (χ1n) is 11.8. The number of halogens is 4. The third kappa shape index (κ3) is 5.07. The van der Waals surface area contributed by atoms with Crippen molar-refractivity contribution in [2.45, 2.75) is 18.8 Å². The zero-order chi connectivity index (χ0) is 27.1. The van der Waals surface area contributed by atoms with Gasteiger partial charge in [0.1, 0.15) is 19.0 Å². The number of urea groups is 1. The van der Waals surface area contributed by atoms with Crippen LogP contribution in [0.5, 0.6) is 28.7 Å². The quantitative estimate of drug-likeness (QED) is 0.431. The SMILES string of the molecule is O=C(Nc1ccc2c(c1)OC(F)(F)O2)N1CC(c2ccc3c(c2)OCCO3)C(c2ccc(OC(F)F)cc2)=N1. The van der Waals surface area contributed by atoms with Gasteiger partial charge in [-0.25, -0.2) is 9.80 Å². The Kier molecular flexibility index (Phi) is 6.04. The molecule has 13 heteroatoms. The van der Waals surface area contributed by atoms with Crippen molar-refractivity contribution in [3.05, 3.63) is 71.8 Å². The van der Waals surface area contributed by atoms with Crippen LogP contribution in [0.4, 0.5) is 28.0 Å². The van der Waals surface area contributed by atoms with Crippen LogP contribution >= 0.6 is 0 Å². The molecule has 0 aliphatic carbocycles. The van der Waals surface area contributed by atoms with Crippen LogP contribution in [0.3, 0.4) is 0 Å². The van der Waals surface area contributed by atoms with Gasteiger partial charge in [0.25, 0.3) is 0 Å². The summed E-state index contributed by atoms with van der Waals surface area (Å²) in [7, 11) is 0. The number of ether oxygens (including phenoxy) is 5. The van der Waals surface area contributed by atoms with Crippen molar-refractivity contribution >= 4 is 17.4 Å². The number of hydrazone groups is 1. The summed E-state index contributed by atoms with van der Waals surface area (Å²) in [6, 6.07) is 14.6. The van der Waals surface area contributed by atoms with Crippen molar-refractivity contribution in [2.75, 3.05) is 25.1 Å². The van der Waals surface area contributed by atoms with Crippen LogP contribution in [0.25, 0.3) is 0 Å². The number of hydrogen-bond acceptors (Lipinski definition) is 7. The number of hydrogen-bond donors (Lipinski definition) is 1. The van der Waals surface area contributed by atoms with Gasteiger partial charge >= 0.3 is 18.9 Å². The summed E-state index contributed by atoms with van der Waals surface area (Å²) in [6.45, 7) is -2.02. The summed E-state index contributed by atoms with van der Waals surface area (Å²) in [6.07, 6.45) is -3.79. The molecule has 3 aromatic carbocycles. The van der Waals surface area contributed by atoms with Crippen LogP contribution in [0.2, 0.25) is 0 Å². The monoisotopic (exact) mass is 545 g/mol. The van der Waals surface area contributed by atoms with Gasteiger partial charge in [0, 0.05) is 17.7 Å². The largest absolute Gasteiger partial charge is 0.586 e. The third-order valence-electron chi connectivity index (χ3n) is 6.14. The van der Waals surface area contributed by atoms with Crippen molar-refractivity contribution in [3.8, 4) is 28.7 Å². The lowest BCUT2D eigenvalue weighted by Gasteiger charge is -2.21. The molecule has 1 atom stereocenters. The van der Waals surface area contributed by atoms with Gasteiger partial charge in [-0.15, -0.1) is 8.78 Å². The maximum absolute atomic E-state index is 13.4. The second kappa shape index (κ2) is 9.57. The van der Waals surface area contributed by atoms with E-state index in [0.29, 0.717) is 36.0 Å². The minimum Gasteiger partial charge on any atom is -0.486 e. The number of benzene rings is 3. The zero-order valence-corrected chi connectivity index (χ0v) is 19.9. The normalized spacial score (nSPS) is 18.6. The summed E-state index contributed by atoms with van der Waals surface area (Å²) >= 11 is 0. The fourth-order valence-corrected chi connectivity index (χ4v) is 4.45. The standard InChI is InChI=1S/C26H19F4N3O6/c27-24(28)37-17-5-1-14(2-6-17)23-18(15-3-7-19-21(11-15)36-10-9-35-19)13-33(32-23)25(34)31-16-4-8-20-22(12-16)39-26(29,30)38-20/h1-8,11-12,18,24H,9-10,13H2,(H,31,34). The minimum absolute atomic E-state index is 0.0220. The van der Waals surface area contributed by atoms with Gasteiger partial charge in [-0.1, -0.05) is 6.07 Å². The number of rotatable bonds is 5. The fraction of sp³-hybridized carbons (Fsp3) is 0.231. The van der Waals surface area contributed by atoms with Gasteiger partial charge in [0.05, 0.1) is 12.3 Å². The van der Waals surface area contributed by atoms with E-state index >= 15 is 0 Å². The molecule has 3 aliphatic rings. The van der Waals surface area contributed by atoms with Crippen LogP contribution in [-0.2, 0) is 0 Å². The lowest BCUT2D eigenvalue weighted by molar-refractivity contribution is -0.286. The van der Waals surface area contributed by atoms with Gasteiger partial charge in [0.2, 0.25) is 0 Å². The second-order valence-corrected chi connectivity index (χ2v) is 8.69. The first-order valence-corrected chi connectivity index (χ1v) is 11.8. The first kappa shape index (κ1) is 24.6. The number of anilines is 1. The first-order chi connectivity index (χ1) is 18.7. The highest BCUT2D eigenvalue weighted by Gasteiger charge is 2.43. The number of fused-ring (bicyclic) bond motifs is 2. The minimum atomic E-state index is -3.79. The predicted octanol–water partition coefficient (Wildman–Crippen LogP) is 5.42. The van der Waals surface area contributed by atoms with E-state index in [-0.39, 0.29) is 29.5 Å². The highest BCUT2D eigenvalue weighted by molar-refractivity contribution is 6.08. The maximum Gasteiger partial charge on any atom is 0.586 e. The topological polar surface area (TPSA) is 90.9 Å². The summed E-state index contributed by atoms with van der Waals surface area (Å²) in [5.41, 5.74) is 2.05. The summed E-state index contributed by atoms with van der Waals surface area (Å²) in [5.74, 6) is 0.341. The van der Waals surface area contributed by atoms with Crippen molar-refractivity contribution in [1.29, 1.82) is 0 Å². The molecule has 9 nitrogen and oxygen atoms in total. The Bertz CT molecular complexity index is 1450. The smallest absolute Gasteiger partial charge is 0.486 e. The number of nitrogens with zero attached hydrogens (tertiary/aromatic N) is 2. The molecule has 6 rings (SSSR count). The molecule has 1 unspecified atom stereocenters. The highest BCUT2D eigenvalue weighted by Crippen LogP contribution is 2.42. The molecule has 0 saturated carbocycles. The van der Waals surface area contributed by atoms with E-state index < -0.39 is 24.9 Å². The molecule has 2 amide bonds. The van der Waals surface area contributed by atoms with Crippen LogP contribution < -0.4 is 29.0 Å². The zero-order valence-electron chi connectivity index (χ0n) is 19.9. The van der Waals surface area contributed by atoms with Gasteiger partial charge in [-0.05, 0) is 59.7 Å². The Labute approximate surface area is 218 Å². The molecule has 0 spiro atoms. The van der Waals surface area contributed by atoms with Gasteiger partial charge < -0.3 is 29.0 Å². The number of alkyl halides is 4. The molecular weight excluding hydrogens is 526 g/mol. The van der Waals surface area contributed by atoms with Crippen LogP contribution in [0, 0.1) is 0 Å². The number of nitrogens with one attached hydrogen (secondary N) is 1. The Hall–Kier alpha value is -4.68. The summed E-state index contributed by atoms with van der Waals surface area (Å²) < 4.78 is 76.5. The van der Waals surface area contributed by atoms with Gasteiger partial charge in [0.15, 0.2) is 23.0 Å². The third-order valence-corrected chi connectivity index (χ3v) is 6.14. The maximum atomic E-state index is 13.4. The van der Waals surface area contributed by atoms with Crippen molar-refractivity contribution in [3.63, 3.8) is 0 Å². The molecule has 1 N–H and O–H groups in total. The highest BCUT2D eigenvalue weighted by atomic mass is 19.3. The lowest BCUT2D eigenvalue weighted by Crippen LogP contribution is -2.30. The van der Waals surface area contributed by atoms with Crippen molar-refractivity contribution < 1.29 is 46.0 Å². The molecule has 0 bridgehead atoms. The van der Waals surface area contributed by atoms with Crippen LogP contribution in [0.15, 0.2) is 65.8 Å². The van der Waals surface area contributed by atoms with Crippen LogP contribution in [-0.4, -0.2) is 49.4 Å². The molecule has 0 saturated heterocycles. The summed E-state index contributed by atoms with van der Waals surface area (Å²) in [5, 5.41) is 8.32. The molecule has 0 aromatic heterocycles. The van der Waals surface area contributed by atoms with E-state index in [4.69, 9.17) is 9.47 Å². The fourth-order valence-electron chi connectivity index (χ4n) is 4.45. The molecule has 3 aliphatic heterocycles. The van der Waals surface area contributed by atoms with E-state index in [1.807, 2.05) is 12.1 Å². The molecule has 39 heavy (non-hydrogen) atoms. The predicted molar refractivity (Wildman–Crippen MR) is 128 cm³/mol. The van der Waals surface area contributed by atoms with Crippen molar-refractivity contribution in [2.24, 2.45) is 5.10 Å². The second-order valence-electron chi connectivity index (χ2n) is 8.69. The number of amides is 2. The van der Waals surface area contributed by atoms with E-state index in [2.05, 4.69) is 24.6 Å². The van der Waals surface area contributed by atoms with Gasteiger partial charge in [-0.3, -0.25) is 0 Å². The Balaban J connectivity index is 1.27. The molecule has 3 heterocycles. The van der Waals surface area contributed by atoms with E-state index in [0.717, 1.165) is 5.56 Å². The Morgan fingerprint density at radius 1 is 0.949 bits per heavy atom. The number of carbonyl (C=O) groups is 1. The molecular formula is C26H19F4N3O6. The average Bonchev–Trinajstić information content (AvgIpc) is 3.48. The van der Waals surface area contributed by atoms with Crippen LogP contribution in [0.1, 0.15) is 17.0 Å². The molecule has 0 fully saturated rings. The van der Waals surface area contributed by atoms with Gasteiger partial charge in [-0.2, -0.15) is 13.9 Å². The number of carbonyl (C=O) groups excluding carboxylic acids is 1. The summed E-state index contributed by atoms with van der Waals surface area (Å²) in [4.78, 5) is 13.1. The molecule has 3 aromatic rings. The Morgan fingerprint density at radius 3 is 2.44 bits per heavy atom. The van der Waals surface area contributed by atoms with E-state index in [1.54, 1.807) is 18.2 Å².